The van der Waals surface area contributed by atoms with Crippen molar-refractivity contribution in [2.45, 2.75) is 50.2 Å². The first-order valence-corrected chi connectivity index (χ1v) is 14.4. The standard InChI is InChI=1S/C28H30F3N5O4S/c1-3-40-25(37)21-19(12-35-14-28(30,31)17-11-36(13-20(17)35)27(7-8-27)26(38)39)33-23(24-32-9-10-41-24)34-22(21)16-5-4-6-18(29)15(16)2/h4-6,9-10,17,20,22H,3,7-8,11-14H2,1-2H3,(H,33,34)(H,38,39)/t17-,20+,22+/m1/s1. The van der Waals surface area contributed by atoms with Crippen molar-refractivity contribution < 1.29 is 32.6 Å². The minimum atomic E-state index is -3.04. The summed E-state index contributed by atoms with van der Waals surface area (Å²) in [7, 11) is 0. The third-order valence-corrected chi connectivity index (χ3v) is 9.44. The van der Waals surface area contributed by atoms with Crippen LogP contribution in [-0.4, -0.2) is 88.0 Å². The van der Waals surface area contributed by atoms with Gasteiger partial charge < -0.3 is 15.2 Å². The van der Waals surface area contributed by atoms with Crippen LogP contribution in [0.15, 0.2) is 46.0 Å². The van der Waals surface area contributed by atoms with Crippen molar-refractivity contribution in [2.75, 3.05) is 32.8 Å². The van der Waals surface area contributed by atoms with Crippen LogP contribution in [0, 0.1) is 18.7 Å². The van der Waals surface area contributed by atoms with Gasteiger partial charge in [0.1, 0.15) is 17.4 Å². The van der Waals surface area contributed by atoms with Gasteiger partial charge in [0.15, 0.2) is 10.8 Å². The molecule has 1 aromatic carbocycles. The molecule has 4 aliphatic rings. The van der Waals surface area contributed by atoms with Gasteiger partial charge in [-0.25, -0.2) is 22.9 Å². The molecule has 3 fully saturated rings. The van der Waals surface area contributed by atoms with E-state index in [0.29, 0.717) is 40.5 Å². The number of halogens is 3. The number of carbonyl (C=O) groups is 2. The van der Waals surface area contributed by atoms with Crippen molar-refractivity contribution in [3.63, 3.8) is 0 Å². The molecule has 2 saturated heterocycles. The summed E-state index contributed by atoms with van der Waals surface area (Å²) in [6, 6.07) is 2.97. The van der Waals surface area contributed by atoms with Gasteiger partial charge in [0.25, 0.3) is 5.92 Å². The SMILES string of the molecule is CCOC(=O)C1=C(CN2CC(F)(F)[C@@H]3CN(C4(C(=O)O)CC4)C[C@@H]32)NC(c2nccs2)=N[C@H]1c1cccc(F)c1C. The number of esters is 1. The Morgan fingerprint density at radius 3 is 2.71 bits per heavy atom. The van der Waals surface area contributed by atoms with Crippen molar-refractivity contribution in [3.8, 4) is 0 Å². The smallest absolute Gasteiger partial charge is 0.338 e. The van der Waals surface area contributed by atoms with Crippen molar-refractivity contribution in [1.82, 2.24) is 20.1 Å². The number of likely N-dealkylation sites (tertiary alicyclic amines) is 2. The van der Waals surface area contributed by atoms with Crippen LogP contribution in [-0.2, 0) is 14.3 Å². The predicted molar refractivity (Wildman–Crippen MR) is 144 cm³/mol. The van der Waals surface area contributed by atoms with Crippen LogP contribution in [0.25, 0.3) is 0 Å². The van der Waals surface area contributed by atoms with E-state index in [-0.39, 0.29) is 31.8 Å². The third kappa shape index (κ3) is 4.73. The maximum atomic E-state index is 15.4. The fourth-order valence-corrected chi connectivity index (χ4v) is 6.94. The van der Waals surface area contributed by atoms with E-state index in [1.165, 1.54) is 23.5 Å². The lowest BCUT2D eigenvalue weighted by atomic mass is 9.92. The second kappa shape index (κ2) is 10.2. The zero-order chi connectivity index (χ0) is 29.1. The first-order valence-electron chi connectivity index (χ1n) is 13.6. The van der Waals surface area contributed by atoms with E-state index in [1.807, 2.05) is 0 Å². The number of carboxylic acid groups (broad SMARTS) is 1. The Hall–Kier alpha value is -3.29. The summed E-state index contributed by atoms with van der Waals surface area (Å²) in [5.41, 5.74) is 0.133. The van der Waals surface area contributed by atoms with Gasteiger partial charge in [-0.2, -0.15) is 0 Å². The van der Waals surface area contributed by atoms with Crippen LogP contribution in [0.1, 0.15) is 41.9 Å². The number of hydrogen-bond acceptors (Lipinski definition) is 9. The molecule has 1 saturated carbocycles. The quantitative estimate of drug-likeness (QED) is 0.452. The number of nitrogens with zero attached hydrogens (tertiary/aromatic N) is 4. The second-order valence-corrected chi connectivity index (χ2v) is 11.9. The molecule has 41 heavy (non-hydrogen) atoms. The zero-order valence-corrected chi connectivity index (χ0v) is 23.4. The number of thiazole rings is 1. The van der Waals surface area contributed by atoms with Gasteiger partial charge in [-0.1, -0.05) is 12.1 Å². The molecule has 0 spiro atoms. The van der Waals surface area contributed by atoms with E-state index in [1.54, 1.807) is 41.3 Å². The molecule has 3 aliphatic heterocycles. The summed E-state index contributed by atoms with van der Waals surface area (Å²) in [5, 5.41) is 15.2. The van der Waals surface area contributed by atoms with E-state index >= 15 is 8.78 Å². The van der Waals surface area contributed by atoms with Crippen molar-refractivity contribution in [1.29, 1.82) is 0 Å². The summed E-state index contributed by atoms with van der Waals surface area (Å²) in [6.45, 7) is 2.92. The first-order chi connectivity index (χ1) is 19.6. The van der Waals surface area contributed by atoms with Gasteiger partial charge in [-0.05, 0) is 43.9 Å². The van der Waals surface area contributed by atoms with Crippen LogP contribution in [0.3, 0.4) is 0 Å². The van der Waals surface area contributed by atoms with Gasteiger partial charge in [-0.3, -0.25) is 19.6 Å². The molecule has 2 aromatic rings. The number of aliphatic imine (C=N–C) groups is 1. The lowest BCUT2D eigenvalue weighted by molar-refractivity contribution is -0.145. The summed E-state index contributed by atoms with van der Waals surface area (Å²) in [6.07, 6.45) is 2.48. The minimum Gasteiger partial charge on any atom is -0.480 e. The van der Waals surface area contributed by atoms with Gasteiger partial charge >= 0.3 is 11.9 Å². The van der Waals surface area contributed by atoms with Crippen LogP contribution in [0.2, 0.25) is 0 Å². The molecular weight excluding hydrogens is 559 g/mol. The monoisotopic (exact) mass is 589 g/mol. The lowest BCUT2D eigenvalue weighted by Gasteiger charge is -2.32. The molecular formula is C28H30F3N5O4S. The van der Waals surface area contributed by atoms with Crippen LogP contribution >= 0.6 is 11.3 Å². The number of aliphatic carboxylic acids is 1. The molecule has 0 unspecified atom stereocenters. The normalized spacial score (nSPS) is 26.9. The third-order valence-electron chi connectivity index (χ3n) is 8.66. The molecule has 6 rings (SSSR count). The molecule has 0 bridgehead atoms. The molecule has 1 aliphatic carbocycles. The number of amidine groups is 1. The number of aromatic nitrogens is 1. The number of nitrogens with one attached hydrogen (secondary N) is 1. The van der Waals surface area contributed by atoms with E-state index in [4.69, 9.17) is 9.73 Å². The molecule has 9 nitrogen and oxygen atoms in total. The zero-order valence-electron chi connectivity index (χ0n) is 22.6. The Bertz CT molecular complexity index is 1440. The fraction of sp³-hybridized carbons (Fsp3) is 0.500. The molecule has 0 amide bonds. The highest BCUT2D eigenvalue weighted by molar-refractivity contribution is 7.11. The lowest BCUT2D eigenvalue weighted by Crippen LogP contribution is -2.47. The van der Waals surface area contributed by atoms with Gasteiger partial charge in [0.05, 0.1) is 24.6 Å². The Balaban J connectivity index is 1.40. The Morgan fingerprint density at radius 1 is 1.27 bits per heavy atom. The second-order valence-electron chi connectivity index (χ2n) is 11.0. The predicted octanol–water partition coefficient (Wildman–Crippen LogP) is 3.37. The number of carboxylic acids is 1. The van der Waals surface area contributed by atoms with Gasteiger partial charge in [-0.15, -0.1) is 11.3 Å². The number of ether oxygens (including phenoxy) is 1. The molecule has 0 radical (unpaired) electrons. The van der Waals surface area contributed by atoms with E-state index in [0.717, 1.165) is 0 Å². The average molecular weight is 590 g/mol. The Labute approximate surface area is 238 Å². The highest BCUT2D eigenvalue weighted by Gasteiger charge is 2.64. The highest BCUT2D eigenvalue weighted by Crippen LogP contribution is 2.50. The largest absolute Gasteiger partial charge is 0.480 e. The summed E-state index contributed by atoms with van der Waals surface area (Å²) in [4.78, 5) is 37.8. The molecule has 4 heterocycles. The number of fused-ring (bicyclic) bond motifs is 1. The van der Waals surface area contributed by atoms with Gasteiger partial charge in [0.2, 0.25) is 0 Å². The van der Waals surface area contributed by atoms with Crippen LogP contribution < -0.4 is 5.32 Å². The fourth-order valence-electron chi connectivity index (χ4n) is 6.35. The number of benzene rings is 1. The maximum absolute atomic E-state index is 15.4. The summed E-state index contributed by atoms with van der Waals surface area (Å²) < 4.78 is 50.9. The van der Waals surface area contributed by atoms with Crippen molar-refractivity contribution >= 4 is 29.1 Å². The molecule has 13 heteroatoms. The van der Waals surface area contributed by atoms with E-state index in [2.05, 4.69) is 10.3 Å². The number of hydrogen-bond donors (Lipinski definition) is 2. The first kappa shape index (κ1) is 27.9. The topological polar surface area (TPSA) is 107 Å². The number of rotatable bonds is 8. The van der Waals surface area contributed by atoms with Crippen molar-refractivity contribution in [3.05, 3.63) is 63.0 Å². The Kier molecular flexibility index (Phi) is 6.94. The van der Waals surface area contributed by atoms with E-state index in [9.17, 15) is 19.1 Å². The number of alkyl halides is 2. The molecule has 3 atom stereocenters. The molecule has 2 N–H and O–H groups in total. The highest BCUT2D eigenvalue weighted by atomic mass is 32.1. The Morgan fingerprint density at radius 2 is 2.05 bits per heavy atom. The van der Waals surface area contributed by atoms with Crippen molar-refractivity contribution in [2.24, 2.45) is 10.9 Å². The molecule has 218 valence electrons. The molecule has 1 aromatic heterocycles. The number of carbonyl (C=O) groups excluding carboxylic acids is 1. The maximum Gasteiger partial charge on any atom is 0.338 e. The minimum absolute atomic E-state index is 0.00535. The summed E-state index contributed by atoms with van der Waals surface area (Å²) in [5.74, 6) is -5.86. The van der Waals surface area contributed by atoms with Crippen LogP contribution in [0.5, 0.6) is 0 Å². The average Bonchev–Trinajstić information content (AvgIpc) is 3.25. The van der Waals surface area contributed by atoms with Gasteiger partial charge in [0, 0.05) is 43.0 Å². The summed E-state index contributed by atoms with van der Waals surface area (Å²) >= 11 is 1.31. The van der Waals surface area contributed by atoms with Crippen LogP contribution in [0.4, 0.5) is 13.2 Å². The van der Waals surface area contributed by atoms with E-state index < -0.39 is 53.8 Å².